The standard InChI is InChI=1S/C21H15NO2/c1-15(23)24-21(13-10-16-6-8-17(14-22)9-7-16)20-12-11-18-4-2-3-5-19(18)20/h2-13H,1H3/b13-10+,21-20-. The first-order valence-corrected chi connectivity index (χ1v) is 7.56. The quantitative estimate of drug-likeness (QED) is 0.616. The van der Waals surface area contributed by atoms with Gasteiger partial charge in [0, 0.05) is 12.5 Å². The normalized spacial score (nSPS) is 14.3. The minimum absolute atomic E-state index is 0.361. The molecule has 0 saturated heterocycles. The van der Waals surface area contributed by atoms with Crippen LogP contribution in [0.15, 0.2) is 66.4 Å². The van der Waals surface area contributed by atoms with Crippen molar-refractivity contribution in [1.82, 2.24) is 0 Å². The van der Waals surface area contributed by atoms with Gasteiger partial charge in [0.15, 0.2) is 0 Å². The monoisotopic (exact) mass is 313 g/mol. The number of esters is 1. The highest BCUT2D eigenvalue weighted by atomic mass is 16.5. The van der Waals surface area contributed by atoms with Crippen LogP contribution < -0.4 is 0 Å². The van der Waals surface area contributed by atoms with Gasteiger partial charge >= 0.3 is 5.97 Å². The number of ether oxygens (including phenoxy) is 1. The zero-order chi connectivity index (χ0) is 16.9. The van der Waals surface area contributed by atoms with Gasteiger partial charge in [-0.1, -0.05) is 48.6 Å². The van der Waals surface area contributed by atoms with Gasteiger partial charge in [-0.3, -0.25) is 4.79 Å². The minimum atomic E-state index is -0.361. The number of nitriles is 1. The van der Waals surface area contributed by atoms with Crippen LogP contribution in [0.5, 0.6) is 0 Å². The third kappa shape index (κ3) is 3.34. The number of hydrogen-bond donors (Lipinski definition) is 0. The molecule has 2 aromatic carbocycles. The van der Waals surface area contributed by atoms with Crippen molar-refractivity contribution < 1.29 is 9.53 Å². The van der Waals surface area contributed by atoms with Gasteiger partial charge in [0.25, 0.3) is 0 Å². The second kappa shape index (κ2) is 6.80. The molecule has 0 unspecified atom stereocenters. The largest absolute Gasteiger partial charge is 0.426 e. The van der Waals surface area contributed by atoms with Crippen LogP contribution in [-0.2, 0) is 9.53 Å². The summed E-state index contributed by atoms with van der Waals surface area (Å²) in [5, 5.41) is 8.84. The summed E-state index contributed by atoms with van der Waals surface area (Å²) in [4.78, 5) is 11.5. The van der Waals surface area contributed by atoms with Gasteiger partial charge in [0.05, 0.1) is 11.6 Å². The van der Waals surface area contributed by atoms with Crippen LogP contribution in [0.1, 0.15) is 29.2 Å². The SMILES string of the molecule is CC(=O)OC(/C=C/c1ccc(C#N)cc1)=C1/C=Cc2ccccc21. The molecule has 116 valence electrons. The summed E-state index contributed by atoms with van der Waals surface area (Å²) in [5.74, 6) is 0.146. The Bertz CT molecular complexity index is 910. The average molecular weight is 313 g/mol. The van der Waals surface area contributed by atoms with Crippen LogP contribution in [-0.4, -0.2) is 5.97 Å². The van der Waals surface area contributed by atoms with Gasteiger partial charge in [0.2, 0.25) is 0 Å². The fourth-order valence-electron chi connectivity index (χ4n) is 2.54. The minimum Gasteiger partial charge on any atom is -0.426 e. The van der Waals surface area contributed by atoms with E-state index < -0.39 is 0 Å². The highest BCUT2D eigenvalue weighted by Crippen LogP contribution is 2.32. The van der Waals surface area contributed by atoms with Crippen LogP contribution in [0.2, 0.25) is 0 Å². The molecule has 0 amide bonds. The van der Waals surface area contributed by atoms with E-state index in [-0.39, 0.29) is 5.97 Å². The number of benzene rings is 2. The van der Waals surface area contributed by atoms with Gasteiger partial charge in [-0.05, 0) is 41.0 Å². The Morgan fingerprint density at radius 2 is 1.83 bits per heavy atom. The van der Waals surface area contributed by atoms with Crippen molar-refractivity contribution in [2.45, 2.75) is 6.92 Å². The fourth-order valence-corrected chi connectivity index (χ4v) is 2.54. The lowest BCUT2D eigenvalue weighted by atomic mass is 10.0. The lowest BCUT2D eigenvalue weighted by Gasteiger charge is -2.08. The van der Waals surface area contributed by atoms with Crippen molar-refractivity contribution in [3.8, 4) is 6.07 Å². The molecule has 3 rings (SSSR count). The molecular formula is C21H15NO2. The smallest absolute Gasteiger partial charge is 0.308 e. The number of carbonyl (C=O) groups excluding carboxylic acids is 1. The first kappa shape index (κ1) is 15.5. The first-order chi connectivity index (χ1) is 11.7. The summed E-state index contributed by atoms with van der Waals surface area (Å²) in [6.07, 6.45) is 7.60. The van der Waals surface area contributed by atoms with Crippen LogP contribution >= 0.6 is 0 Å². The molecule has 0 spiro atoms. The fraction of sp³-hybridized carbons (Fsp3) is 0.0476. The van der Waals surface area contributed by atoms with Crippen molar-refractivity contribution in [2.75, 3.05) is 0 Å². The lowest BCUT2D eigenvalue weighted by molar-refractivity contribution is -0.136. The second-order valence-electron chi connectivity index (χ2n) is 5.36. The van der Waals surface area contributed by atoms with Gasteiger partial charge in [0.1, 0.15) is 5.76 Å². The highest BCUT2D eigenvalue weighted by Gasteiger charge is 2.15. The molecular weight excluding hydrogens is 298 g/mol. The maximum atomic E-state index is 11.5. The molecule has 3 heteroatoms. The van der Waals surface area contributed by atoms with E-state index in [0.717, 1.165) is 22.3 Å². The zero-order valence-electron chi connectivity index (χ0n) is 13.2. The summed E-state index contributed by atoms with van der Waals surface area (Å²) in [6, 6.07) is 17.3. The molecule has 0 aliphatic heterocycles. The molecule has 2 aromatic rings. The molecule has 3 nitrogen and oxygen atoms in total. The maximum Gasteiger partial charge on any atom is 0.308 e. The van der Waals surface area contributed by atoms with Crippen LogP contribution in [0.4, 0.5) is 0 Å². The summed E-state index contributed by atoms with van der Waals surface area (Å²) in [5.41, 5.74) is 4.56. The molecule has 0 fully saturated rings. The highest BCUT2D eigenvalue weighted by molar-refractivity contribution is 5.92. The van der Waals surface area contributed by atoms with Crippen LogP contribution in [0, 0.1) is 11.3 Å². The summed E-state index contributed by atoms with van der Waals surface area (Å²) >= 11 is 0. The maximum absolute atomic E-state index is 11.5. The number of fused-ring (bicyclic) bond motifs is 1. The number of nitrogens with zero attached hydrogens (tertiary/aromatic N) is 1. The molecule has 1 aliphatic rings. The van der Waals surface area contributed by atoms with E-state index in [1.54, 1.807) is 18.2 Å². The Morgan fingerprint density at radius 3 is 2.54 bits per heavy atom. The summed E-state index contributed by atoms with van der Waals surface area (Å²) in [7, 11) is 0. The van der Waals surface area contributed by atoms with E-state index in [1.807, 2.05) is 54.6 Å². The number of hydrogen-bond acceptors (Lipinski definition) is 3. The van der Waals surface area contributed by atoms with Crippen LogP contribution in [0.25, 0.3) is 17.7 Å². The van der Waals surface area contributed by atoms with Gasteiger partial charge < -0.3 is 4.74 Å². The van der Waals surface area contributed by atoms with Crippen molar-refractivity contribution >= 4 is 23.7 Å². The Balaban J connectivity index is 1.97. The topological polar surface area (TPSA) is 50.1 Å². The van der Waals surface area contributed by atoms with Gasteiger partial charge in [-0.15, -0.1) is 0 Å². The third-order valence-electron chi connectivity index (χ3n) is 3.67. The summed E-state index contributed by atoms with van der Waals surface area (Å²) < 4.78 is 5.41. The third-order valence-corrected chi connectivity index (χ3v) is 3.67. The molecule has 0 atom stereocenters. The van der Waals surface area contributed by atoms with E-state index in [0.29, 0.717) is 11.3 Å². The molecule has 0 bridgehead atoms. The molecule has 24 heavy (non-hydrogen) atoms. The Hall–Kier alpha value is -3.38. The molecule has 0 saturated carbocycles. The molecule has 0 aromatic heterocycles. The van der Waals surface area contributed by atoms with Crippen molar-refractivity contribution in [2.24, 2.45) is 0 Å². The molecule has 0 heterocycles. The first-order valence-electron chi connectivity index (χ1n) is 7.56. The predicted octanol–water partition coefficient (Wildman–Crippen LogP) is 4.57. The Morgan fingerprint density at radius 1 is 1.08 bits per heavy atom. The number of carbonyl (C=O) groups is 1. The Labute approximate surface area is 140 Å². The second-order valence-corrected chi connectivity index (χ2v) is 5.36. The molecule has 1 aliphatic carbocycles. The van der Waals surface area contributed by atoms with Crippen molar-refractivity contribution in [3.05, 3.63) is 88.7 Å². The van der Waals surface area contributed by atoms with E-state index in [2.05, 4.69) is 6.07 Å². The van der Waals surface area contributed by atoms with Gasteiger partial charge in [-0.2, -0.15) is 5.26 Å². The average Bonchev–Trinajstić information content (AvgIpc) is 3.03. The van der Waals surface area contributed by atoms with E-state index >= 15 is 0 Å². The predicted molar refractivity (Wildman–Crippen MR) is 94.4 cm³/mol. The van der Waals surface area contributed by atoms with Gasteiger partial charge in [-0.25, -0.2) is 0 Å². The van der Waals surface area contributed by atoms with E-state index in [1.165, 1.54) is 6.92 Å². The Kier molecular flexibility index (Phi) is 4.40. The van der Waals surface area contributed by atoms with E-state index in [4.69, 9.17) is 10.00 Å². The van der Waals surface area contributed by atoms with E-state index in [9.17, 15) is 4.79 Å². The number of rotatable bonds is 3. The van der Waals surface area contributed by atoms with Crippen LogP contribution in [0.3, 0.4) is 0 Å². The molecule has 0 N–H and O–H groups in total. The van der Waals surface area contributed by atoms with Crippen molar-refractivity contribution in [3.63, 3.8) is 0 Å². The summed E-state index contributed by atoms with van der Waals surface area (Å²) in [6.45, 7) is 1.39. The van der Waals surface area contributed by atoms with Crippen molar-refractivity contribution in [1.29, 1.82) is 5.26 Å². The molecule has 0 radical (unpaired) electrons. The zero-order valence-corrected chi connectivity index (χ0v) is 13.2. The lowest BCUT2D eigenvalue weighted by Crippen LogP contribution is -1.99. The number of allylic oxidation sites excluding steroid dienone is 3.